The van der Waals surface area contributed by atoms with Crippen LogP contribution < -0.4 is 5.32 Å². The topological polar surface area (TPSA) is 62.8 Å². The van der Waals surface area contributed by atoms with Gasteiger partial charge in [0.25, 0.3) is 0 Å². The Kier molecular flexibility index (Phi) is 3.10. The highest BCUT2D eigenvalue weighted by Crippen LogP contribution is 2.44. The molecule has 0 bridgehead atoms. The highest BCUT2D eigenvalue weighted by molar-refractivity contribution is 5.86. The number of ether oxygens (including phenoxy) is 1. The lowest BCUT2D eigenvalue weighted by Gasteiger charge is -2.47. The summed E-state index contributed by atoms with van der Waals surface area (Å²) in [6.45, 7) is 3.82. The van der Waals surface area contributed by atoms with E-state index < -0.39 is 0 Å². The van der Waals surface area contributed by atoms with Crippen LogP contribution in [0, 0.1) is 12.8 Å². The van der Waals surface area contributed by atoms with Crippen molar-refractivity contribution in [3.63, 3.8) is 0 Å². The van der Waals surface area contributed by atoms with Crippen LogP contribution in [0.15, 0.2) is 12.3 Å². The Bertz CT molecular complexity index is 647. The van der Waals surface area contributed by atoms with Crippen molar-refractivity contribution in [1.29, 1.82) is 0 Å². The van der Waals surface area contributed by atoms with Crippen molar-refractivity contribution < 1.29 is 4.74 Å². The van der Waals surface area contributed by atoms with E-state index in [0.717, 1.165) is 42.2 Å². The van der Waals surface area contributed by atoms with Crippen molar-refractivity contribution in [3.8, 4) is 0 Å². The maximum Gasteiger partial charge on any atom is 0.143 e. The molecule has 2 aliphatic rings. The van der Waals surface area contributed by atoms with Crippen molar-refractivity contribution >= 4 is 16.9 Å². The Morgan fingerprint density at radius 3 is 3.14 bits per heavy atom. The van der Waals surface area contributed by atoms with Crippen LogP contribution in [0.5, 0.6) is 0 Å². The number of nitrogens with one attached hydrogen (secondary N) is 2. The second kappa shape index (κ2) is 4.98. The van der Waals surface area contributed by atoms with Gasteiger partial charge in [-0.05, 0) is 51.0 Å². The van der Waals surface area contributed by atoms with Gasteiger partial charge in [0.05, 0.1) is 11.0 Å². The van der Waals surface area contributed by atoms with Gasteiger partial charge in [0.2, 0.25) is 0 Å². The standard InChI is InChI=1S/C16H22N4O/c1-11-19-14-13(3-7-17-14)15(20-11)18-10-12-4-8-21-16(9-12)5-2-6-16/h3,7,12H,2,4-6,8-10H2,1H3,(H2,17,18,19,20). The number of nitrogens with zero attached hydrogens (tertiary/aromatic N) is 2. The monoisotopic (exact) mass is 286 g/mol. The predicted octanol–water partition coefficient (Wildman–Crippen LogP) is 3.03. The van der Waals surface area contributed by atoms with Gasteiger partial charge in [-0.15, -0.1) is 0 Å². The van der Waals surface area contributed by atoms with E-state index in [9.17, 15) is 0 Å². The van der Waals surface area contributed by atoms with Gasteiger partial charge in [0.1, 0.15) is 17.3 Å². The van der Waals surface area contributed by atoms with Crippen LogP contribution >= 0.6 is 0 Å². The maximum atomic E-state index is 6.00. The van der Waals surface area contributed by atoms with E-state index in [0.29, 0.717) is 5.92 Å². The smallest absolute Gasteiger partial charge is 0.143 e. The van der Waals surface area contributed by atoms with Crippen molar-refractivity contribution in [2.24, 2.45) is 5.92 Å². The summed E-state index contributed by atoms with van der Waals surface area (Å²) < 4.78 is 6.00. The third-order valence-electron chi connectivity index (χ3n) is 4.95. The average Bonchev–Trinajstić information content (AvgIpc) is 2.91. The predicted molar refractivity (Wildman–Crippen MR) is 82.4 cm³/mol. The van der Waals surface area contributed by atoms with Crippen molar-refractivity contribution in [2.75, 3.05) is 18.5 Å². The number of aromatic amines is 1. The molecule has 1 unspecified atom stereocenters. The summed E-state index contributed by atoms with van der Waals surface area (Å²) in [5.74, 6) is 2.44. The third kappa shape index (κ3) is 2.39. The van der Waals surface area contributed by atoms with E-state index in [1.165, 1.54) is 25.7 Å². The highest BCUT2D eigenvalue weighted by atomic mass is 16.5. The first kappa shape index (κ1) is 13.1. The SMILES string of the molecule is Cc1nc(NCC2CCOC3(CCC3)C2)c2cc[nH]c2n1. The Morgan fingerprint density at radius 1 is 1.43 bits per heavy atom. The Balaban J connectivity index is 1.47. The molecule has 1 aliphatic heterocycles. The number of fused-ring (bicyclic) bond motifs is 1. The van der Waals surface area contributed by atoms with E-state index in [1.807, 2.05) is 19.2 Å². The highest BCUT2D eigenvalue weighted by Gasteiger charge is 2.42. The van der Waals surface area contributed by atoms with Crippen LogP contribution in [0.25, 0.3) is 11.0 Å². The number of rotatable bonds is 3. The summed E-state index contributed by atoms with van der Waals surface area (Å²) in [7, 11) is 0. The molecule has 2 aromatic rings. The fraction of sp³-hybridized carbons (Fsp3) is 0.625. The minimum atomic E-state index is 0.218. The summed E-state index contributed by atoms with van der Waals surface area (Å²) in [5, 5.41) is 4.62. The molecule has 1 atom stereocenters. The van der Waals surface area contributed by atoms with Crippen molar-refractivity contribution in [2.45, 2.75) is 44.6 Å². The minimum Gasteiger partial charge on any atom is -0.375 e. The molecule has 0 aromatic carbocycles. The van der Waals surface area contributed by atoms with Gasteiger partial charge in [-0.2, -0.15) is 0 Å². The van der Waals surface area contributed by atoms with Gasteiger partial charge < -0.3 is 15.0 Å². The Morgan fingerprint density at radius 2 is 2.33 bits per heavy atom. The molecule has 4 rings (SSSR count). The molecule has 3 heterocycles. The molecule has 1 spiro atoms. The van der Waals surface area contributed by atoms with E-state index in [1.54, 1.807) is 0 Å². The van der Waals surface area contributed by atoms with Crippen LogP contribution in [0.2, 0.25) is 0 Å². The van der Waals surface area contributed by atoms with Gasteiger partial charge in [-0.25, -0.2) is 9.97 Å². The van der Waals surface area contributed by atoms with Gasteiger partial charge in [-0.3, -0.25) is 0 Å². The van der Waals surface area contributed by atoms with Gasteiger partial charge in [0, 0.05) is 19.3 Å². The van der Waals surface area contributed by atoms with Crippen LogP contribution in [0.3, 0.4) is 0 Å². The molecule has 21 heavy (non-hydrogen) atoms. The molecular weight excluding hydrogens is 264 g/mol. The third-order valence-corrected chi connectivity index (χ3v) is 4.95. The normalized spacial score (nSPS) is 24.1. The number of aryl methyl sites for hydroxylation is 1. The summed E-state index contributed by atoms with van der Waals surface area (Å²) in [6.07, 6.45) is 8.09. The number of aromatic nitrogens is 3. The molecule has 2 fully saturated rings. The Hall–Kier alpha value is -1.62. The maximum absolute atomic E-state index is 6.00. The van der Waals surface area contributed by atoms with Gasteiger partial charge in [-0.1, -0.05) is 0 Å². The van der Waals surface area contributed by atoms with Crippen molar-refractivity contribution in [3.05, 3.63) is 18.1 Å². The molecule has 5 heteroatoms. The fourth-order valence-electron chi connectivity index (χ4n) is 3.65. The zero-order valence-corrected chi connectivity index (χ0v) is 12.5. The Labute approximate surface area is 124 Å². The van der Waals surface area contributed by atoms with E-state index in [-0.39, 0.29) is 5.60 Å². The second-order valence-electron chi connectivity index (χ2n) is 6.48. The van der Waals surface area contributed by atoms with Gasteiger partial charge in [0.15, 0.2) is 0 Å². The zero-order valence-electron chi connectivity index (χ0n) is 12.5. The van der Waals surface area contributed by atoms with Crippen LogP contribution in [0.4, 0.5) is 5.82 Å². The molecule has 0 amide bonds. The molecule has 112 valence electrons. The van der Waals surface area contributed by atoms with E-state index >= 15 is 0 Å². The van der Waals surface area contributed by atoms with E-state index in [2.05, 4.69) is 20.3 Å². The van der Waals surface area contributed by atoms with E-state index in [4.69, 9.17) is 4.74 Å². The largest absolute Gasteiger partial charge is 0.375 e. The van der Waals surface area contributed by atoms with Crippen LogP contribution in [0.1, 0.15) is 37.9 Å². The lowest BCUT2D eigenvalue weighted by Crippen LogP contribution is -2.46. The number of hydrogen-bond acceptors (Lipinski definition) is 4. The first-order chi connectivity index (χ1) is 10.2. The summed E-state index contributed by atoms with van der Waals surface area (Å²) in [5.41, 5.74) is 1.13. The first-order valence-electron chi connectivity index (χ1n) is 7.94. The number of hydrogen-bond donors (Lipinski definition) is 2. The molecule has 2 N–H and O–H groups in total. The molecule has 5 nitrogen and oxygen atoms in total. The van der Waals surface area contributed by atoms with Crippen LogP contribution in [-0.2, 0) is 4.74 Å². The molecule has 2 aromatic heterocycles. The molecule has 1 aliphatic carbocycles. The minimum absolute atomic E-state index is 0.218. The summed E-state index contributed by atoms with van der Waals surface area (Å²) >= 11 is 0. The van der Waals surface area contributed by atoms with Crippen LogP contribution in [-0.4, -0.2) is 33.7 Å². The molecule has 1 saturated carbocycles. The quantitative estimate of drug-likeness (QED) is 0.910. The zero-order chi connectivity index (χ0) is 14.3. The van der Waals surface area contributed by atoms with Crippen molar-refractivity contribution in [1.82, 2.24) is 15.0 Å². The molecule has 1 saturated heterocycles. The first-order valence-corrected chi connectivity index (χ1v) is 7.94. The lowest BCUT2D eigenvalue weighted by molar-refractivity contribution is -0.141. The van der Waals surface area contributed by atoms with Gasteiger partial charge >= 0.3 is 0 Å². The summed E-state index contributed by atoms with van der Waals surface area (Å²) in [6, 6.07) is 2.04. The lowest BCUT2D eigenvalue weighted by atomic mass is 9.72. The second-order valence-corrected chi connectivity index (χ2v) is 6.48. The molecular formula is C16H22N4O. The molecule has 0 radical (unpaired) electrons. The number of anilines is 1. The summed E-state index contributed by atoms with van der Waals surface area (Å²) in [4.78, 5) is 12.1. The fourth-order valence-corrected chi connectivity index (χ4v) is 3.65. The average molecular weight is 286 g/mol. The number of H-pyrrole nitrogens is 1.